The van der Waals surface area contributed by atoms with Crippen LogP contribution in [-0.2, 0) is 65.4 Å². The lowest BCUT2D eigenvalue weighted by molar-refractivity contribution is -0.161. The van der Waals surface area contributed by atoms with Crippen molar-refractivity contribution in [1.29, 1.82) is 0 Å². The number of phosphoric acid groups is 2. The lowest BCUT2D eigenvalue weighted by atomic mass is 10.00. The molecule has 0 bridgehead atoms. The molecule has 0 aromatic rings. The van der Waals surface area contributed by atoms with Gasteiger partial charge in [-0.2, -0.15) is 0 Å². The molecular weight excluding hydrogens is 1070 g/mol. The van der Waals surface area contributed by atoms with Gasteiger partial charge in [0.15, 0.2) is 12.2 Å². The smallest absolute Gasteiger partial charge is 0.462 e. The number of hydrogen-bond acceptors (Lipinski definition) is 15. The molecule has 0 amide bonds. The molecule has 0 saturated carbocycles. The second-order valence-corrected chi connectivity index (χ2v) is 26.4. The predicted octanol–water partition coefficient (Wildman–Crippen LogP) is 16.2. The Morgan fingerprint density at radius 3 is 0.887 bits per heavy atom. The summed E-state index contributed by atoms with van der Waals surface area (Å²) in [6.07, 6.45) is 29.6. The van der Waals surface area contributed by atoms with Crippen LogP contribution in [0.25, 0.3) is 0 Å². The molecule has 0 saturated heterocycles. The van der Waals surface area contributed by atoms with Crippen molar-refractivity contribution in [3.05, 3.63) is 0 Å². The van der Waals surface area contributed by atoms with Gasteiger partial charge in [0.25, 0.3) is 0 Å². The Morgan fingerprint density at radius 1 is 0.350 bits per heavy atom. The lowest BCUT2D eigenvalue weighted by Crippen LogP contribution is -2.30. The van der Waals surface area contributed by atoms with Crippen molar-refractivity contribution >= 4 is 39.5 Å². The zero-order valence-electron chi connectivity index (χ0n) is 51.7. The van der Waals surface area contributed by atoms with E-state index in [2.05, 4.69) is 55.4 Å². The van der Waals surface area contributed by atoms with Crippen molar-refractivity contribution in [2.24, 2.45) is 23.7 Å². The summed E-state index contributed by atoms with van der Waals surface area (Å²) in [4.78, 5) is 72.0. The van der Waals surface area contributed by atoms with Crippen LogP contribution in [0, 0.1) is 23.7 Å². The maximum absolute atomic E-state index is 12.9. The van der Waals surface area contributed by atoms with Gasteiger partial charge in [-0.3, -0.25) is 37.3 Å². The van der Waals surface area contributed by atoms with Crippen molar-refractivity contribution in [3.63, 3.8) is 0 Å². The fourth-order valence-electron chi connectivity index (χ4n) is 8.83. The lowest BCUT2D eigenvalue weighted by Gasteiger charge is -2.21. The van der Waals surface area contributed by atoms with E-state index in [4.69, 9.17) is 37.0 Å². The van der Waals surface area contributed by atoms with Gasteiger partial charge >= 0.3 is 39.5 Å². The van der Waals surface area contributed by atoms with Crippen molar-refractivity contribution in [1.82, 2.24) is 0 Å². The molecule has 80 heavy (non-hydrogen) atoms. The number of ether oxygens (including phenoxy) is 4. The van der Waals surface area contributed by atoms with Crippen molar-refractivity contribution in [3.8, 4) is 0 Å². The van der Waals surface area contributed by atoms with Gasteiger partial charge < -0.3 is 33.8 Å². The van der Waals surface area contributed by atoms with Gasteiger partial charge in [-0.05, 0) is 49.4 Å². The third kappa shape index (κ3) is 52.8. The second kappa shape index (κ2) is 51.5. The van der Waals surface area contributed by atoms with Gasteiger partial charge in [-0.15, -0.1) is 0 Å². The van der Waals surface area contributed by atoms with E-state index in [-0.39, 0.29) is 25.7 Å². The van der Waals surface area contributed by atoms with Crippen LogP contribution in [0.2, 0.25) is 0 Å². The molecule has 0 aromatic carbocycles. The average molecular weight is 1190 g/mol. The molecule has 0 aromatic heterocycles. The summed E-state index contributed by atoms with van der Waals surface area (Å²) in [7, 11) is -9.88. The number of carbonyl (C=O) groups is 4. The van der Waals surface area contributed by atoms with Crippen LogP contribution in [0.1, 0.15) is 287 Å². The Labute approximate surface area is 486 Å². The van der Waals surface area contributed by atoms with E-state index >= 15 is 0 Å². The minimum absolute atomic E-state index is 0.100. The monoisotopic (exact) mass is 1180 g/mol. The first-order valence-electron chi connectivity index (χ1n) is 31.8. The number of aliphatic hydroxyl groups excluding tert-OH is 1. The van der Waals surface area contributed by atoms with Crippen LogP contribution in [0.4, 0.5) is 0 Å². The fourth-order valence-corrected chi connectivity index (χ4v) is 10.4. The number of aliphatic hydroxyl groups is 1. The molecule has 0 aliphatic carbocycles. The summed E-state index contributed by atoms with van der Waals surface area (Å²) in [5.41, 5.74) is 0. The molecule has 474 valence electrons. The number of carbonyl (C=O) groups excluding carboxylic acids is 4. The molecule has 7 atom stereocenters. The highest BCUT2D eigenvalue weighted by Crippen LogP contribution is 2.45. The molecule has 0 fully saturated rings. The highest BCUT2D eigenvalue weighted by Gasteiger charge is 2.30. The van der Waals surface area contributed by atoms with Gasteiger partial charge in [-0.1, -0.05) is 235 Å². The minimum Gasteiger partial charge on any atom is -0.462 e. The molecule has 4 unspecified atom stereocenters. The Balaban J connectivity index is 5.25. The van der Waals surface area contributed by atoms with Crippen molar-refractivity contribution < 1.29 is 80.2 Å². The minimum atomic E-state index is -4.94. The third-order valence-electron chi connectivity index (χ3n) is 14.5. The van der Waals surface area contributed by atoms with E-state index in [0.29, 0.717) is 31.6 Å². The van der Waals surface area contributed by atoms with E-state index in [0.717, 1.165) is 114 Å². The molecule has 19 heteroatoms. The third-order valence-corrected chi connectivity index (χ3v) is 16.4. The number of esters is 4. The summed E-state index contributed by atoms with van der Waals surface area (Å²) in [6, 6.07) is 0. The van der Waals surface area contributed by atoms with Crippen LogP contribution in [0.3, 0.4) is 0 Å². The molecule has 3 N–H and O–H groups in total. The molecule has 0 aliphatic rings. The van der Waals surface area contributed by atoms with Gasteiger partial charge in [0, 0.05) is 25.7 Å². The largest absolute Gasteiger partial charge is 0.472 e. The van der Waals surface area contributed by atoms with Crippen molar-refractivity contribution in [2.75, 3.05) is 39.6 Å². The van der Waals surface area contributed by atoms with E-state index < -0.39 is 97.5 Å². The maximum atomic E-state index is 12.9. The number of unbranched alkanes of at least 4 members (excludes halogenated alkanes) is 22. The van der Waals surface area contributed by atoms with Crippen LogP contribution in [0.15, 0.2) is 0 Å². The zero-order chi connectivity index (χ0) is 59.7. The standard InChI is InChI=1S/C61H118O17P2/c1-9-53(7)39-31-23-16-19-26-34-42-59(64)72-48-57(77-60(65)43-35-27-18-15-22-30-38-52(5)6)50-76-80(69,70)74-46-55(62)45-73-79(67,68)75-49-56(78-61(66)44-36-28-20-17-24-32-40-54(8)10-2)47-71-58(63)41-33-25-14-12-11-13-21-29-37-51(3)4/h51-57,62H,9-50H2,1-8H3,(H,67,68)(H,69,70)/t53?,54?,55-,56-,57-/m1/s1. The Hall–Kier alpha value is -1.94. The SMILES string of the molecule is CCC(C)CCCCCCCCC(=O)OC[C@H](COP(=O)(O)OC[C@H](O)COP(=O)(O)OC[C@@H](COC(=O)CCCCCCCCCCC(C)C)OC(=O)CCCCCCCCC(C)CC)OC(=O)CCCCCCCCC(C)C. The molecule has 0 spiro atoms. The Bertz CT molecular complexity index is 1610. The first-order chi connectivity index (χ1) is 38.2. The summed E-state index contributed by atoms with van der Waals surface area (Å²) < 4.78 is 67.8. The van der Waals surface area contributed by atoms with Crippen LogP contribution in [-0.4, -0.2) is 96.7 Å². The highest BCUT2D eigenvalue weighted by molar-refractivity contribution is 7.47. The van der Waals surface area contributed by atoms with Gasteiger partial charge in [0.1, 0.15) is 19.3 Å². The summed E-state index contributed by atoms with van der Waals surface area (Å²) in [5.74, 6) is 0.696. The van der Waals surface area contributed by atoms with Gasteiger partial charge in [-0.25, -0.2) is 9.13 Å². The van der Waals surface area contributed by atoms with Crippen LogP contribution < -0.4 is 0 Å². The van der Waals surface area contributed by atoms with E-state index in [1.165, 1.54) is 83.5 Å². The molecule has 0 aliphatic heterocycles. The molecule has 0 rings (SSSR count). The van der Waals surface area contributed by atoms with Crippen LogP contribution in [0.5, 0.6) is 0 Å². The molecular formula is C61H118O17P2. The van der Waals surface area contributed by atoms with Gasteiger partial charge in [0.2, 0.25) is 0 Å². The zero-order valence-corrected chi connectivity index (χ0v) is 53.5. The number of rotatable bonds is 58. The maximum Gasteiger partial charge on any atom is 0.472 e. The van der Waals surface area contributed by atoms with Gasteiger partial charge in [0.05, 0.1) is 26.4 Å². The van der Waals surface area contributed by atoms with E-state index in [1.807, 2.05) is 0 Å². The summed E-state index contributed by atoms with van der Waals surface area (Å²) in [5, 5.41) is 10.5. The molecule has 17 nitrogen and oxygen atoms in total. The van der Waals surface area contributed by atoms with E-state index in [9.17, 15) is 43.2 Å². The molecule has 0 radical (unpaired) electrons. The number of phosphoric ester groups is 2. The fraction of sp³-hybridized carbons (Fsp3) is 0.934. The Kier molecular flexibility index (Phi) is 50.2. The number of hydrogen-bond donors (Lipinski definition) is 3. The molecule has 0 heterocycles. The van der Waals surface area contributed by atoms with Crippen LogP contribution >= 0.6 is 15.6 Å². The Morgan fingerprint density at radius 2 is 0.600 bits per heavy atom. The quantitative estimate of drug-likeness (QED) is 0.0222. The van der Waals surface area contributed by atoms with Crippen molar-refractivity contribution in [2.45, 2.75) is 305 Å². The summed E-state index contributed by atoms with van der Waals surface area (Å²) in [6.45, 7) is 13.8. The normalized spacial score (nSPS) is 15.2. The predicted molar refractivity (Wildman–Crippen MR) is 317 cm³/mol. The second-order valence-electron chi connectivity index (χ2n) is 23.5. The topological polar surface area (TPSA) is 237 Å². The first-order valence-corrected chi connectivity index (χ1v) is 34.8. The highest BCUT2D eigenvalue weighted by atomic mass is 31.2. The van der Waals surface area contributed by atoms with E-state index in [1.54, 1.807) is 0 Å². The summed E-state index contributed by atoms with van der Waals surface area (Å²) >= 11 is 0. The first kappa shape index (κ1) is 78.1. The average Bonchev–Trinajstić information content (AvgIpc) is 3.41.